The summed E-state index contributed by atoms with van der Waals surface area (Å²) in [4.78, 5) is 2.43. The van der Waals surface area contributed by atoms with Gasteiger partial charge in [0.05, 0.1) is 18.8 Å². The highest BCUT2D eigenvalue weighted by atomic mass is 16.5. The quantitative estimate of drug-likeness (QED) is 0.755. The first-order chi connectivity index (χ1) is 10.2. The molecule has 0 aromatic carbocycles. The van der Waals surface area contributed by atoms with Gasteiger partial charge in [-0.2, -0.15) is 0 Å². The van der Waals surface area contributed by atoms with Crippen LogP contribution in [0.4, 0.5) is 0 Å². The van der Waals surface area contributed by atoms with E-state index in [9.17, 15) is 5.11 Å². The van der Waals surface area contributed by atoms with Crippen molar-refractivity contribution in [2.45, 2.75) is 70.1 Å². The summed E-state index contributed by atoms with van der Waals surface area (Å²) in [5.41, 5.74) is 0. The van der Waals surface area contributed by atoms with E-state index in [0.29, 0.717) is 31.2 Å². The molecule has 2 aliphatic rings. The molecule has 21 heavy (non-hydrogen) atoms. The standard InChI is InChI=1S/C17H34N2O2/c1-14-7-3-4-9-17(14)21-13-16(20)12-18-11-15-8-5-6-10-19(15)2/h14-18,20H,3-13H2,1-2H3. The van der Waals surface area contributed by atoms with Crippen molar-refractivity contribution >= 4 is 0 Å². The molecule has 1 saturated carbocycles. The zero-order valence-corrected chi connectivity index (χ0v) is 13.9. The smallest absolute Gasteiger partial charge is 0.0897 e. The Hall–Kier alpha value is -0.160. The zero-order chi connectivity index (χ0) is 15.1. The maximum absolute atomic E-state index is 10.1. The molecule has 1 saturated heterocycles. The lowest BCUT2D eigenvalue weighted by molar-refractivity contribution is -0.0454. The van der Waals surface area contributed by atoms with Crippen LogP contribution in [0.2, 0.25) is 0 Å². The van der Waals surface area contributed by atoms with Crippen molar-refractivity contribution in [3.63, 3.8) is 0 Å². The van der Waals surface area contributed by atoms with E-state index in [4.69, 9.17) is 4.74 Å². The van der Waals surface area contributed by atoms with Crippen molar-refractivity contribution in [2.75, 3.05) is 33.3 Å². The lowest BCUT2D eigenvalue weighted by atomic mass is 9.88. The van der Waals surface area contributed by atoms with Crippen LogP contribution in [0.25, 0.3) is 0 Å². The van der Waals surface area contributed by atoms with E-state index in [1.165, 1.54) is 45.1 Å². The fourth-order valence-electron chi connectivity index (χ4n) is 3.64. The van der Waals surface area contributed by atoms with Gasteiger partial charge in [-0.25, -0.2) is 0 Å². The van der Waals surface area contributed by atoms with E-state index in [0.717, 1.165) is 13.0 Å². The number of aliphatic hydroxyl groups is 1. The predicted octanol–water partition coefficient (Wildman–Crippen LogP) is 2.02. The van der Waals surface area contributed by atoms with Gasteiger partial charge in [-0.3, -0.25) is 0 Å². The van der Waals surface area contributed by atoms with E-state index in [1.807, 2.05) is 0 Å². The number of likely N-dealkylation sites (tertiary alicyclic amines) is 1. The van der Waals surface area contributed by atoms with Crippen molar-refractivity contribution in [1.29, 1.82) is 0 Å². The molecule has 4 heteroatoms. The highest BCUT2D eigenvalue weighted by Gasteiger charge is 2.23. The van der Waals surface area contributed by atoms with Gasteiger partial charge in [0.2, 0.25) is 0 Å². The molecule has 1 aliphatic carbocycles. The van der Waals surface area contributed by atoms with Gasteiger partial charge in [0.15, 0.2) is 0 Å². The summed E-state index contributed by atoms with van der Waals surface area (Å²) in [6.07, 6.45) is 8.95. The summed E-state index contributed by atoms with van der Waals surface area (Å²) in [5.74, 6) is 0.648. The monoisotopic (exact) mass is 298 g/mol. The molecular weight excluding hydrogens is 264 g/mol. The van der Waals surface area contributed by atoms with Crippen LogP contribution in [-0.2, 0) is 4.74 Å². The Morgan fingerprint density at radius 1 is 1.19 bits per heavy atom. The maximum atomic E-state index is 10.1. The predicted molar refractivity (Wildman–Crippen MR) is 86.5 cm³/mol. The third-order valence-corrected chi connectivity index (χ3v) is 5.22. The molecule has 2 fully saturated rings. The van der Waals surface area contributed by atoms with Crippen LogP contribution >= 0.6 is 0 Å². The molecule has 0 bridgehead atoms. The van der Waals surface area contributed by atoms with Gasteiger partial charge in [-0.05, 0) is 45.2 Å². The molecule has 0 spiro atoms. The normalized spacial score (nSPS) is 33.0. The average molecular weight is 298 g/mol. The van der Waals surface area contributed by atoms with Crippen molar-refractivity contribution in [3.8, 4) is 0 Å². The van der Waals surface area contributed by atoms with Crippen LogP contribution in [0, 0.1) is 5.92 Å². The van der Waals surface area contributed by atoms with Gasteiger partial charge in [-0.15, -0.1) is 0 Å². The van der Waals surface area contributed by atoms with E-state index < -0.39 is 0 Å². The van der Waals surface area contributed by atoms with Crippen LogP contribution in [0.5, 0.6) is 0 Å². The third-order valence-electron chi connectivity index (χ3n) is 5.22. The van der Waals surface area contributed by atoms with Crippen molar-refractivity contribution in [1.82, 2.24) is 10.2 Å². The Morgan fingerprint density at radius 2 is 1.95 bits per heavy atom. The summed E-state index contributed by atoms with van der Waals surface area (Å²) in [6, 6.07) is 0.630. The average Bonchev–Trinajstić information content (AvgIpc) is 2.48. The summed E-state index contributed by atoms with van der Waals surface area (Å²) >= 11 is 0. The zero-order valence-electron chi connectivity index (χ0n) is 13.9. The Labute approximate surface area is 130 Å². The minimum atomic E-state index is -0.381. The first-order valence-corrected chi connectivity index (χ1v) is 8.87. The number of hydrogen-bond acceptors (Lipinski definition) is 4. The number of hydrogen-bond donors (Lipinski definition) is 2. The number of piperidine rings is 1. The number of nitrogens with one attached hydrogen (secondary N) is 1. The molecule has 4 nitrogen and oxygen atoms in total. The van der Waals surface area contributed by atoms with Crippen LogP contribution < -0.4 is 5.32 Å². The minimum Gasteiger partial charge on any atom is -0.389 e. The third kappa shape index (κ3) is 5.85. The second-order valence-electron chi connectivity index (χ2n) is 7.08. The highest BCUT2D eigenvalue weighted by Crippen LogP contribution is 2.26. The van der Waals surface area contributed by atoms with Gasteiger partial charge in [-0.1, -0.05) is 26.2 Å². The molecule has 0 radical (unpaired) electrons. The van der Waals surface area contributed by atoms with Crippen LogP contribution in [0.15, 0.2) is 0 Å². The van der Waals surface area contributed by atoms with Gasteiger partial charge >= 0.3 is 0 Å². The first-order valence-electron chi connectivity index (χ1n) is 8.87. The summed E-state index contributed by atoms with van der Waals surface area (Å²) in [6.45, 7) is 5.58. The number of aliphatic hydroxyl groups excluding tert-OH is 1. The molecule has 2 rings (SSSR count). The van der Waals surface area contributed by atoms with Crippen LogP contribution in [0.3, 0.4) is 0 Å². The van der Waals surface area contributed by atoms with Crippen molar-refractivity contribution in [2.24, 2.45) is 5.92 Å². The molecular formula is C17H34N2O2. The molecule has 2 N–H and O–H groups in total. The molecule has 124 valence electrons. The molecule has 0 aromatic rings. The number of likely N-dealkylation sites (N-methyl/N-ethyl adjacent to an activating group) is 1. The highest BCUT2D eigenvalue weighted by molar-refractivity contribution is 4.77. The Morgan fingerprint density at radius 3 is 2.71 bits per heavy atom. The molecule has 1 aliphatic heterocycles. The van der Waals surface area contributed by atoms with E-state index in [-0.39, 0.29) is 6.10 Å². The summed E-state index contributed by atoms with van der Waals surface area (Å²) < 4.78 is 5.92. The van der Waals surface area contributed by atoms with Gasteiger partial charge < -0.3 is 20.1 Å². The Bertz CT molecular complexity index is 288. The fraction of sp³-hybridized carbons (Fsp3) is 1.00. The maximum Gasteiger partial charge on any atom is 0.0897 e. The number of rotatable bonds is 7. The molecule has 1 heterocycles. The number of nitrogens with zero attached hydrogens (tertiary/aromatic N) is 1. The van der Waals surface area contributed by atoms with E-state index in [1.54, 1.807) is 0 Å². The fourth-order valence-corrected chi connectivity index (χ4v) is 3.64. The molecule has 0 aromatic heterocycles. The second-order valence-corrected chi connectivity index (χ2v) is 7.08. The lowest BCUT2D eigenvalue weighted by Gasteiger charge is -2.33. The van der Waals surface area contributed by atoms with Crippen LogP contribution in [0.1, 0.15) is 51.9 Å². The molecule has 4 atom stereocenters. The Kier molecular flexibility index (Phi) is 7.44. The molecule has 4 unspecified atom stereocenters. The van der Waals surface area contributed by atoms with Crippen molar-refractivity contribution < 1.29 is 9.84 Å². The topological polar surface area (TPSA) is 44.7 Å². The summed E-state index contributed by atoms with van der Waals surface area (Å²) in [7, 11) is 2.20. The van der Waals surface area contributed by atoms with Gasteiger partial charge in [0.25, 0.3) is 0 Å². The van der Waals surface area contributed by atoms with E-state index >= 15 is 0 Å². The SMILES string of the molecule is CC1CCCCC1OCC(O)CNCC1CCCCN1C. The largest absolute Gasteiger partial charge is 0.389 e. The lowest BCUT2D eigenvalue weighted by Crippen LogP contribution is -2.45. The second kappa shape index (κ2) is 9.09. The van der Waals surface area contributed by atoms with Crippen molar-refractivity contribution in [3.05, 3.63) is 0 Å². The molecule has 0 amide bonds. The van der Waals surface area contributed by atoms with Gasteiger partial charge in [0.1, 0.15) is 0 Å². The summed E-state index contributed by atoms with van der Waals surface area (Å²) in [5, 5.41) is 13.5. The van der Waals surface area contributed by atoms with Crippen LogP contribution in [-0.4, -0.2) is 61.5 Å². The van der Waals surface area contributed by atoms with Gasteiger partial charge in [0, 0.05) is 19.1 Å². The Balaban J connectivity index is 1.55. The minimum absolute atomic E-state index is 0.359. The number of ether oxygens (including phenoxy) is 1. The van der Waals surface area contributed by atoms with E-state index in [2.05, 4.69) is 24.2 Å². The first kappa shape index (κ1) is 17.2.